The van der Waals surface area contributed by atoms with Crippen LogP contribution >= 0.6 is 11.8 Å². The van der Waals surface area contributed by atoms with E-state index >= 15 is 0 Å². The molecule has 2 aromatic rings. The molecule has 3 aliphatic rings. The Morgan fingerprint density at radius 2 is 1.50 bits per heavy atom. The maximum atomic E-state index is 13.0. The van der Waals surface area contributed by atoms with Gasteiger partial charge in [-0.15, -0.1) is 11.8 Å². The summed E-state index contributed by atoms with van der Waals surface area (Å²) >= 11 is 1.84. The molecule has 0 bridgehead atoms. The van der Waals surface area contributed by atoms with Gasteiger partial charge in [-0.2, -0.15) is 0 Å². The second-order valence-corrected chi connectivity index (χ2v) is 12.2. The Morgan fingerprint density at radius 1 is 0.889 bits per heavy atom. The number of nitrogens with zero attached hydrogens (tertiary/aromatic N) is 1. The van der Waals surface area contributed by atoms with Gasteiger partial charge in [0.15, 0.2) is 0 Å². The zero-order valence-corrected chi connectivity index (χ0v) is 22.3. The van der Waals surface area contributed by atoms with Gasteiger partial charge in [0, 0.05) is 11.4 Å². The minimum absolute atomic E-state index is 0.0909. The van der Waals surface area contributed by atoms with Crippen molar-refractivity contribution in [3.8, 4) is 0 Å². The van der Waals surface area contributed by atoms with Gasteiger partial charge in [0.1, 0.15) is 5.82 Å². The number of rotatable bonds is 10. The van der Waals surface area contributed by atoms with E-state index in [1.54, 1.807) is 12.1 Å². The molecule has 2 aliphatic carbocycles. The first kappa shape index (κ1) is 27.2. The number of carboxylic acid groups (broad SMARTS) is 1. The lowest BCUT2D eigenvalue weighted by Gasteiger charge is -2.33. The van der Waals surface area contributed by atoms with E-state index in [1.165, 1.54) is 58.2 Å². The van der Waals surface area contributed by atoms with Crippen molar-refractivity contribution in [2.45, 2.75) is 62.7 Å². The van der Waals surface area contributed by atoms with E-state index in [2.05, 4.69) is 4.90 Å². The summed E-state index contributed by atoms with van der Waals surface area (Å²) in [4.78, 5) is 15.5. The normalized spacial score (nSPS) is 23.6. The third-order valence-corrected chi connectivity index (χ3v) is 9.30. The molecule has 0 radical (unpaired) electrons. The Morgan fingerprint density at radius 3 is 2.08 bits per heavy atom. The van der Waals surface area contributed by atoms with Crippen LogP contribution in [-0.2, 0) is 4.79 Å². The third kappa shape index (κ3) is 9.23. The van der Waals surface area contributed by atoms with E-state index in [-0.39, 0.29) is 11.7 Å². The fourth-order valence-electron chi connectivity index (χ4n) is 5.93. The summed E-state index contributed by atoms with van der Waals surface area (Å²) < 4.78 is 13.0. The van der Waals surface area contributed by atoms with Crippen LogP contribution in [0.2, 0.25) is 0 Å². The number of hydrogen-bond donors (Lipinski definition) is 1. The molecule has 1 saturated heterocycles. The molecular weight excluding hydrogens is 469 g/mol. The first-order chi connectivity index (χ1) is 17.6. The van der Waals surface area contributed by atoms with Crippen LogP contribution < -0.4 is 0 Å². The quantitative estimate of drug-likeness (QED) is 0.333. The molecule has 5 heteroatoms. The number of thioether (sulfide) groups is 1. The third-order valence-electron chi connectivity index (χ3n) is 8.25. The molecule has 2 saturated carbocycles. The summed E-state index contributed by atoms with van der Waals surface area (Å²) in [6.07, 6.45) is 10.7. The standard InChI is InChI=1S/C25H36FNO2S.C6H6/c26-22-5-7-23(8-6-22)30-14-11-18-9-12-27(13-10-18)17-20-3-4-21(15-20)24(25(28)29)16-19-1-2-19;1-2-4-6-5-3-1/h5-8,18-21,24H,1-4,9-17H2,(H,28,29);1-6H. The van der Waals surface area contributed by atoms with E-state index in [0.29, 0.717) is 17.8 Å². The van der Waals surface area contributed by atoms with E-state index in [0.717, 1.165) is 35.8 Å². The van der Waals surface area contributed by atoms with Crippen LogP contribution in [0, 0.1) is 35.4 Å². The topological polar surface area (TPSA) is 40.5 Å². The van der Waals surface area contributed by atoms with E-state index in [1.807, 2.05) is 60.3 Å². The minimum atomic E-state index is -0.549. The lowest BCUT2D eigenvalue weighted by molar-refractivity contribution is -0.144. The summed E-state index contributed by atoms with van der Waals surface area (Å²) in [6, 6.07) is 18.8. The highest BCUT2D eigenvalue weighted by atomic mass is 32.2. The van der Waals surface area contributed by atoms with Gasteiger partial charge in [0.05, 0.1) is 5.92 Å². The largest absolute Gasteiger partial charge is 0.481 e. The highest BCUT2D eigenvalue weighted by Gasteiger charge is 2.38. The van der Waals surface area contributed by atoms with Crippen LogP contribution in [0.1, 0.15) is 57.8 Å². The molecule has 3 atom stereocenters. The van der Waals surface area contributed by atoms with Crippen molar-refractivity contribution in [2.24, 2.45) is 29.6 Å². The summed E-state index contributed by atoms with van der Waals surface area (Å²) in [7, 11) is 0. The van der Waals surface area contributed by atoms with Gasteiger partial charge < -0.3 is 10.0 Å². The van der Waals surface area contributed by atoms with Crippen LogP contribution in [0.5, 0.6) is 0 Å². The first-order valence-electron chi connectivity index (χ1n) is 13.9. The Labute approximate surface area is 220 Å². The predicted molar refractivity (Wildman–Crippen MR) is 147 cm³/mol. The average molecular weight is 512 g/mol. The summed E-state index contributed by atoms with van der Waals surface area (Å²) in [5, 5.41) is 9.67. The van der Waals surface area contributed by atoms with Crippen molar-refractivity contribution in [1.82, 2.24) is 4.90 Å². The Kier molecular flexibility index (Phi) is 10.7. The number of halogens is 1. The summed E-state index contributed by atoms with van der Waals surface area (Å²) in [5.41, 5.74) is 0. The number of carbonyl (C=O) groups is 1. The fraction of sp³-hybridized carbons (Fsp3) is 0.581. The fourth-order valence-corrected chi connectivity index (χ4v) is 6.95. The number of likely N-dealkylation sites (tertiary alicyclic amines) is 1. The van der Waals surface area contributed by atoms with E-state index in [9.17, 15) is 14.3 Å². The molecule has 0 amide bonds. The SMILES string of the molecule is O=C(O)C(CC1CC1)C1CCC(CN2CCC(CCSc3ccc(F)cc3)CC2)C1.c1ccccc1. The molecule has 3 unspecified atom stereocenters. The predicted octanol–water partition coefficient (Wildman–Crippen LogP) is 7.62. The van der Waals surface area contributed by atoms with Gasteiger partial charge in [0.25, 0.3) is 0 Å². The molecule has 1 heterocycles. The smallest absolute Gasteiger partial charge is 0.306 e. The van der Waals surface area contributed by atoms with Crippen LogP contribution in [-0.4, -0.2) is 41.4 Å². The number of carboxylic acids is 1. The number of aliphatic carboxylic acids is 1. The molecule has 196 valence electrons. The zero-order chi connectivity index (χ0) is 25.2. The molecule has 2 aromatic carbocycles. The zero-order valence-electron chi connectivity index (χ0n) is 21.4. The molecule has 0 spiro atoms. The maximum Gasteiger partial charge on any atom is 0.306 e. The number of benzene rings is 2. The Bertz CT molecular complexity index is 870. The highest BCUT2D eigenvalue weighted by molar-refractivity contribution is 7.99. The molecule has 5 rings (SSSR count). The second-order valence-electron chi connectivity index (χ2n) is 11.1. The average Bonchev–Trinajstić information content (AvgIpc) is 3.62. The lowest BCUT2D eigenvalue weighted by Crippen LogP contribution is -2.37. The van der Waals surface area contributed by atoms with Gasteiger partial charge in [-0.3, -0.25) is 4.79 Å². The van der Waals surface area contributed by atoms with Gasteiger partial charge in [-0.1, -0.05) is 49.2 Å². The molecule has 36 heavy (non-hydrogen) atoms. The molecule has 1 aliphatic heterocycles. The molecule has 0 aromatic heterocycles. The van der Waals surface area contributed by atoms with Gasteiger partial charge in [0.2, 0.25) is 0 Å². The lowest BCUT2D eigenvalue weighted by atomic mass is 9.86. The highest BCUT2D eigenvalue weighted by Crippen LogP contribution is 2.43. The Hall–Kier alpha value is -1.85. The van der Waals surface area contributed by atoms with Gasteiger partial charge >= 0.3 is 5.97 Å². The molecule has 1 N–H and O–H groups in total. The van der Waals surface area contributed by atoms with Gasteiger partial charge in [-0.05, 0) is 112 Å². The summed E-state index contributed by atoms with van der Waals surface area (Å²) in [6.45, 7) is 3.55. The van der Waals surface area contributed by atoms with Crippen LogP contribution in [0.4, 0.5) is 4.39 Å². The summed E-state index contributed by atoms with van der Waals surface area (Å²) in [5.74, 6) is 2.92. The van der Waals surface area contributed by atoms with Crippen LogP contribution in [0.25, 0.3) is 0 Å². The van der Waals surface area contributed by atoms with Crippen LogP contribution in [0.15, 0.2) is 65.6 Å². The number of hydrogen-bond acceptors (Lipinski definition) is 3. The van der Waals surface area contributed by atoms with Crippen LogP contribution in [0.3, 0.4) is 0 Å². The molecular formula is C31H42FNO2S. The first-order valence-corrected chi connectivity index (χ1v) is 14.9. The maximum absolute atomic E-state index is 13.0. The molecule has 3 fully saturated rings. The van der Waals surface area contributed by atoms with Gasteiger partial charge in [-0.25, -0.2) is 4.39 Å². The van der Waals surface area contributed by atoms with Crippen molar-refractivity contribution in [3.05, 3.63) is 66.5 Å². The minimum Gasteiger partial charge on any atom is -0.481 e. The number of piperidine rings is 1. The van der Waals surface area contributed by atoms with Crippen molar-refractivity contribution >= 4 is 17.7 Å². The van der Waals surface area contributed by atoms with E-state index < -0.39 is 5.97 Å². The van der Waals surface area contributed by atoms with Crippen molar-refractivity contribution in [2.75, 3.05) is 25.4 Å². The molecule has 3 nitrogen and oxygen atoms in total. The van der Waals surface area contributed by atoms with Crippen molar-refractivity contribution in [3.63, 3.8) is 0 Å². The van der Waals surface area contributed by atoms with E-state index in [4.69, 9.17) is 0 Å². The monoisotopic (exact) mass is 511 g/mol. The van der Waals surface area contributed by atoms with Crippen molar-refractivity contribution in [1.29, 1.82) is 0 Å². The Balaban J connectivity index is 0.000000445. The second kappa shape index (κ2) is 14.2. The van der Waals surface area contributed by atoms with Crippen molar-refractivity contribution < 1.29 is 14.3 Å².